The predicted octanol–water partition coefficient (Wildman–Crippen LogP) is 3.84. The molecule has 6 heteroatoms. The maximum absolute atomic E-state index is 13.2. The molecule has 0 fully saturated rings. The van der Waals surface area contributed by atoms with Gasteiger partial charge >= 0.3 is 0 Å². The molecule has 1 aliphatic rings. The Morgan fingerprint density at radius 3 is 2.86 bits per heavy atom. The summed E-state index contributed by atoms with van der Waals surface area (Å²) in [6, 6.07) is 9.52. The van der Waals surface area contributed by atoms with Crippen LogP contribution < -0.4 is 10.6 Å². The third-order valence-corrected chi connectivity index (χ3v) is 4.72. The van der Waals surface area contributed by atoms with Crippen molar-refractivity contribution in [2.24, 2.45) is 0 Å². The van der Waals surface area contributed by atoms with E-state index in [4.69, 9.17) is 11.6 Å². The van der Waals surface area contributed by atoms with E-state index in [1.807, 2.05) is 12.1 Å². The van der Waals surface area contributed by atoms with E-state index in [-0.39, 0.29) is 17.8 Å². The van der Waals surface area contributed by atoms with Gasteiger partial charge in [0.15, 0.2) is 0 Å². The van der Waals surface area contributed by atoms with Crippen LogP contribution in [-0.2, 0) is 4.79 Å². The molecule has 2 aromatic rings. The minimum atomic E-state index is -0.384. The van der Waals surface area contributed by atoms with Crippen LogP contribution in [0.1, 0.15) is 11.6 Å². The van der Waals surface area contributed by atoms with Crippen molar-refractivity contribution in [1.82, 2.24) is 5.32 Å². The predicted molar refractivity (Wildman–Crippen MR) is 82.4 cm³/mol. The number of likely N-dealkylation sites (N-methyl/N-ethyl adjacent to an activating group) is 1. The number of amides is 1. The van der Waals surface area contributed by atoms with Crippen LogP contribution in [-0.4, -0.2) is 13.0 Å². The van der Waals surface area contributed by atoms with Gasteiger partial charge in [-0.05, 0) is 37.4 Å². The fraction of sp³-hybridized carbons (Fsp3) is 0.133. The molecule has 3 rings (SSSR count). The van der Waals surface area contributed by atoms with Gasteiger partial charge in [-0.3, -0.25) is 4.79 Å². The Kier molecular flexibility index (Phi) is 3.89. The monoisotopic (exact) mass is 322 g/mol. The summed E-state index contributed by atoms with van der Waals surface area (Å²) >= 11 is 7.65. The molecule has 1 amide bonds. The number of fused-ring (bicyclic) bond motifs is 1. The minimum absolute atomic E-state index is 0.100. The Morgan fingerprint density at radius 2 is 2.14 bits per heavy atom. The molecule has 0 radical (unpaired) electrons. The van der Waals surface area contributed by atoms with Gasteiger partial charge in [0.05, 0.1) is 5.02 Å². The van der Waals surface area contributed by atoms with Crippen molar-refractivity contribution in [2.75, 3.05) is 12.4 Å². The van der Waals surface area contributed by atoms with Crippen molar-refractivity contribution in [3.63, 3.8) is 0 Å². The minimum Gasteiger partial charge on any atom is -0.324 e. The van der Waals surface area contributed by atoms with Gasteiger partial charge < -0.3 is 10.6 Å². The number of carbonyl (C=O) groups is 1. The highest BCUT2D eigenvalue weighted by atomic mass is 35.5. The zero-order chi connectivity index (χ0) is 15.0. The summed E-state index contributed by atoms with van der Waals surface area (Å²) in [5, 5.41) is 6.30. The van der Waals surface area contributed by atoms with Gasteiger partial charge in [-0.2, -0.15) is 0 Å². The number of hydrogen-bond acceptors (Lipinski definition) is 3. The van der Waals surface area contributed by atoms with Gasteiger partial charge in [-0.15, -0.1) is 0 Å². The smallest absolute Gasteiger partial charge is 0.246 e. The summed E-state index contributed by atoms with van der Waals surface area (Å²) < 4.78 is 13.2. The zero-order valence-electron chi connectivity index (χ0n) is 11.1. The highest BCUT2D eigenvalue weighted by Gasteiger charge is 2.30. The summed E-state index contributed by atoms with van der Waals surface area (Å²) in [5.74, 6) is -0.391. The Morgan fingerprint density at radius 1 is 1.33 bits per heavy atom. The van der Waals surface area contributed by atoms with Crippen LogP contribution in [0.15, 0.2) is 46.2 Å². The Balaban J connectivity index is 1.95. The fourth-order valence-electron chi connectivity index (χ4n) is 2.28. The van der Waals surface area contributed by atoms with E-state index in [0.29, 0.717) is 5.02 Å². The van der Waals surface area contributed by atoms with Gasteiger partial charge in [0.25, 0.3) is 0 Å². The van der Waals surface area contributed by atoms with Crippen molar-refractivity contribution in [2.45, 2.75) is 15.8 Å². The van der Waals surface area contributed by atoms with Crippen molar-refractivity contribution in [3.8, 4) is 0 Å². The molecule has 3 nitrogen and oxygen atoms in total. The van der Waals surface area contributed by atoms with Gasteiger partial charge in [0.1, 0.15) is 11.9 Å². The first-order chi connectivity index (χ1) is 10.1. The largest absolute Gasteiger partial charge is 0.324 e. The van der Waals surface area contributed by atoms with Gasteiger partial charge in [0.2, 0.25) is 5.91 Å². The quantitative estimate of drug-likeness (QED) is 0.902. The second-order valence-corrected chi connectivity index (χ2v) is 6.16. The van der Waals surface area contributed by atoms with Gasteiger partial charge in [0, 0.05) is 21.0 Å². The number of halogens is 2. The Labute approximate surface area is 130 Å². The molecule has 1 heterocycles. The SMILES string of the molecule is CNC1C(=O)Nc2cc(Sc3cccc(F)c3)c(Cl)cc21. The summed E-state index contributed by atoms with van der Waals surface area (Å²) in [7, 11) is 1.72. The van der Waals surface area contributed by atoms with E-state index in [1.54, 1.807) is 19.2 Å². The van der Waals surface area contributed by atoms with Crippen LogP contribution in [0, 0.1) is 5.82 Å². The summed E-state index contributed by atoms with van der Waals surface area (Å²) in [4.78, 5) is 13.3. The maximum Gasteiger partial charge on any atom is 0.246 e. The molecule has 2 aromatic carbocycles. The molecule has 0 saturated heterocycles. The van der Waals surface area contributed by atoms with Gasteiger partial charge in [-0.1, -0.05) is 29.4 Å². The molecule has 0 spiro atoms. The average molecular weight is 323 g/mol. The molecule has 1 unspecified atom stereocenters. The summed E-state index contributed by atoms with van der Waals surface area (Å²) in [5.41, 5.74) is 1.57. The Hall–Kier alpha value is -1.56. The highest BCUT2D eigenvalue weighted by Crippen LogP contribution is 2.41. The van der Waals surface area contributed by atoms with Crippen LogP contribution in [0.2, 0.25) is 5.02 Å². The van der Waals surface area contributed by atoms with Crippen LogP contribution in [0.25, 0.3) is 0 Å². The van der Waals surface area contributed by atoms with Crippen molar-refractivity contribution in [3.05, 3.63) is 52.8 Å². The number of anilines is 1. The molecule has 0 aliphatic carbocycles. The third-order valence-electron chi connectivity index (χ3n) is 3.25. The molecule has 0 aromatic heterocycles. The van der Waals surface area contributed by atoms with E-state index in [9.17, 15) is 9.18 Å². The lowest BCUT2D eigenvalue weighted by atomic mass is 10.1. The molecule has 0 saturated carbocycles. The maximum atomic E-state index is 13.2. The van der Waals surface area contributed by atoms with Gasteiger partial charge in [-0.25, -0.2) is 4.39 Å². The fourth-order valence-corrected chi connectivity index (χ4v) is 3.48. The number of nitrogens with one attached hydrogen (secondary N) is 2. The van der Waals surface area contributed by atoms with Crippen LogP contribution in [0.3, 0.4) is 0 Å². The lowest BCUT2D eigenvalue weighted by molar-refractivity contribution is -0.117. The van der Waals surface area contributed by atoms with E-state index >= 15 is 0 Å². The molecule has 2 N–H and O–H groups in total. The van der Waals surface area contributed by atoms with E-state index < -0.39 is 0 Å². The standard InChI is InChI=1S/C15H12ClFN2OS/c1-18-14-10-6-11(16)13(7-12(10)19-15(14)20)21-9-4-2-3-8(17)5-9/h2-7,14,18H,1H3,(H,19,20). The van der Waals surface area contributed by atoms with Crippen LogP contribution >= 0.6 is 23.4 Å². The lowest BCUT2D eigenvalue weighted by Crippen LogP contribution is -2.23. The average Bonchev–Trinajstić information content (AvgIpc) is 2.74. The number of rotatable bonds is 3. The van der Waals surface area contributed by atoms with E-state index in [0.717, 1.165) is 21.0 Å². The molecule has 21 heavy (non-hydrogen) atoms. The first kappa shape index (κ1) is 14.4. The van der Waals surface area contributed by atoms with Crippen molar-refractivity contribution >= 4 is 35.0 Å². The van der Waals surface area contributed by atoms with Crippen LogP contribution in [0.4, 0.5) is 10.1 Å². The molecule has 1 aliphatic heterocycles. The molecular formula is C15H12ClFN2OS. The second-order valence-electron chi connectivity index (χ2n) is 4.64. The van der Waals surface area contributed by atoms with Crippen LogP contribution in [0.5, 0.6) is 0 Å². The van der Waals surface area contributed by atoms with Crippen molar-refractivity contribution < 1.29 is 9.18 Å². The summed E-state index contributed by atoms with van der Waals surface area (Å²) in [6.45, 7) is 0. The lowest BCUT2D eigenvalue weighted by Gasteiger charge is -2.10. The zero-order valence-corrected chi connectivity index (χ0v) is 12.7. The molecule has 1 atom stereocenters. The summed E-state index contributed by atoms with van der Waals surface area (Å²) in [6.07, 6.45) is 0. The van der Waals surface area contributed by atoms with E-state index in [2.05, 4.69) is 10.6 Å². The first-order valence-corrected chi connectivity index (χ1v) is 7.53. The first-order valence-electron chi connectivity index (χ1n) is 6.33. The second kappa shape index (κ2) is 5.67. The number of hydrogen-bond donors (Lipinski definition) is 2. The number of benzene rings is 2. The normalized spacial score (nSPS) is 16.7. The molecular weight excluding hydrogens is 311 g/mol. The highest BCUT2D eigenvalue weighted by molar-refractivity contribution is 7.99. The third kappa shape index (κ3) is 2.77. The molecule has 108 valence electrons. The Bertz CT molecular complexity index is 723. The number of carbonyl (C=O) groups excluding carboxylic acids is 1. The van der Waals surface area contributed by atoms with Crippen molar-refractivity contribution in [1.29, 1.82) is 0 Å². The molecule has 0 bridgehead atoms. The topological polar surface area (TPSA) is 41.1 Å². The van der Waals surface area contributed by atoms with E-state index in [1.165, 1.54) is 23.9 Å².